The molecule has 0 spiro atoms. The molecule has 0 heterocycles. The Labute approximate surface area is 26.2 Å². The molecule has 0 saturated heterocycles. The zero-order valence-electron chi connectivity index (χ0n) is 1.83. The Morgan fingerprint density at radius 1 is 1.50 bits per heavy atom. The van der Waals surface area contributed by atoms with Crippen molar-refractivity contribution >= 4 is 10.2 Å². The average molecular weight is 79.1 g/mol. The van der Waals surface area contributed by atoms with Crippen LogP contribution in [0.15, 0.2) is 0 Å². The van der Waals surface area contributed by atoms with Gasteiger partial charge in [-0.15, -0.1) is 0 Å². The van der Waals surface area contributed by atoms with Gasteiger partial charge in [0.25, 0.3) is 0 Å². The third-order valence-electron chi connectivity index (χ3n) is 0. The van der Waals surface area contributed by atoms with Crippen molar-refractivity contribution in [3.8, 4) is 0 Å². The zero-order valence-corrected chi connectivity index (χ0v) is 2.83. The van der Waals surface area contributed by atoms with E-state index in [-0.39, 0.29) is 0 Å². The van der Waals surface area contributed by atoms with Crippen molar-refractivity contribution in [1.82, 2.24) is 0 Å². The molecule has 4 heavy (non-hydrogen) atoms. The van der Waals surface area contributed by atoms with Gasteiger partial charge in [-0.25, -0.2) is 0 Å². The van der Waals surface area contributed by atoms with Gasteiger partial charge >= 0.3 is 25.1 Å². The first kappa shape index (κ1) is 4.08. The van der Waals surface area contributed by atoms with Crippen LogP contribution in [0.4, 0.5) is 8.78 Å². The predicted octanol–water partition coefficient (Wildman–Crippen LogP) is 0.377. The standard InChI is InChI=1S/CHF2Si/c2-1(3)4/h1H/q+3. The second kappa shape index (κ2) is 1.40. The van der Waals surface area contributed by atoms with E-state index in [0.717, 1.165) is 0 Å². The first-order chi connectivity index (χ1) is 1.73. The number of hydrogen-bond acceptors (Lipinski definition) is 0. The molecule has 0 unspecified atom stereocenters. The van der Waals surface area contributed by atoms with Gasteiger partial charge in [-0.2, -0.15) is 0 Å². The molecule has 0 aromatic carbocycles. The minimum absolute atomic E-state index is 1.98. The molecule has 0 aromatic heterocycles. The molecule has 0 fully saturated rings. The quantitative estimate of drug-likeness (QED) is 0.368. The van der Waals surface area contributed by atoms with Gasteiger partial charge in [0.15, 0.2) is 0 Å². The van der Waals surface area contributed by atoms with Gasteiger partial charge in [0.05, 0.1) is 0 Å². The topological polar surface area (TPSA) is 0 Å². The Morgan fingerprint density at radius 3 is 1.50 bits per heavy atom. The Bertz CT molecular complexity index is 10.8. The molecule has 0 aliphatic rings. The van der Waals surface area contributed by atoms with Crippen molar-refractivity contribution in [2.45, 2.75) is 6.05 Å². The van der Waals surface area contributed by atoms with Crippen LogP contribution in [-0.4, -0.2) is 16.3 Å². The van der Waals surface area contributed by atoms with E-state index in [1.807, 2.05) is 10.2 Å². The summed E-state index contributed by atoms with van der Waals surface area (Å²) >= 11 is 0. The maximum absolute atomic E-state index is 10.2. The third kappa shape index (κ3) is 407. The van der Waals surface area contributed by atoms with Crippen LogP contribution in [0, 0.1) is 0 Å². The minimum atomic E-state index is -2.36. The van der Waals surface area contributed by atoms with E-state index in [1.165, 1.54) is 0 Å². The summed E-state index contributed by atoms with van der Waals surface area (Å²) < 4.78 is 20.5. The van der Waals surface area contributed by atoms with Gasteiger partial charge in [-0.3, -0.25) is 0 Å². The van der Waals surface area contributed by atoms with E-state index < -0.39 is 6.05 Å². The molecule has 3 heteroatoms. The van der Waals surface area contributed by atoms with E-state index in [9.17, 15) is 8.78 Å². The van der Waals surface area contributed by atoms with Crippen LogP contribution in [-0.2, 0) is 0 Å². The van der Waals surface area contributed by atoms with Crippen molar-refractivity contribution in [2.24, 2.45) is 0 Å². The van der Waals surface area contributed by atoms with Crippen LogP contribution in [0.25, 0.3) is 0 Å². The molecular formula is CHF2Si+3. The summed E-state index contributed by atoms with van der Waals surface area (Å²) in [5.74, 6) is 0. The zero-order chi connectivity index (χ0) is 3.58. The van der Waals surface area contributed by atoms with Crippen LogP contribution >= 0.6 is 0 Å². The second-order valence-electron chi connectivity index (χ2n) is 0.301. The van der Waals surface area contributed by atoms with Crippen LogP contribution in [0.5, 0.6) is 0 Å². The SMILES string of the molecule is FC(F)[Si+3]. The summed E-state index contributed by atoms with van der Waals surface area (Å²) in [4.78, 5) is 0. The average Bonchev–Trinajstić information content (AvgIpc) is 0.811. The van der Waals surface area contributed by atoms with Crippen LogP contribution in [0.3, 0.4) is 0 Å². The van der Waals surface area contributed by atoms with E-state index >= 15 is 0 Å². The van der Waals surface area contributed by atoms with Gasteiger partial charge in [0.2, 0.25) is 0 Å². The van der Waals surface area contributed by atoms with E-state index in [1.54, 1.807) is 0 Å². The Hall–Kier alpha value is 0.0769. The molecular weight excluding hydrogens is 78.1 g/mol. The summed E-state index contributed by atoms with van der Waals surface area (Å²) in [7, 11) is 1.98. The molecule has 0 amide bonds. The molecule has 0 aromatic rings. The Kier molecular flexibility index (Phi) is 1.43. The summed E-state index contributed by atoms with van der Waals surface area (Å²) in [6.07, 6.45) is 0. The summed E-state index contributed by atoms with van der Waals surface area (Å²) in [6.45, 7) is 0. The summed E-state index contributed by atoms with van der Waals surface area (Å²) in [5, 5.41) is 0. The van der Waals surface area contributed by atoms with Crippen LogP contribution < -0.4 is 0 Å². The fraction of sp³-hybridized carbons (Fsp3) is 1.00. The number of hydrogen-bond donors (Lipinski definition) is 0. The van der Waals surface area contributed by atoms with Crippen LogP contribution in [0.2, 0.25) is 0 Å². The van der Waals surface area contributed by atoms with E-state index in [2.05, 4.69) is 0 Å². The van der Waals surface area contributed by atoms with E-state index in [4.69, 9.17) is 0 Å². The normalized spacial score (nSPS) is 9.25. The monoisotopic (exact) mass is 79.0 g/mol. The predicted molar refractivity (Wildman–Crippen MR) is 11.8 cm³/mol. The van der Waals surface area contributed by atoms with Gasteiger partial charge in [0.1, 0.15) is 0 Å². The molecule has 0 bridgehead atoms. The first-order valence-electron chi connectivity index (χ1n) is 0.725. The van der Waals surface area contributed by atoms with E-state index in [0.29, 0.717) is 0 Å². The maximum atomic E-state index is 10.2. The molecule has 0 aliphatic carbocycles. The number of rotatable bonds is 0. The Morgan fingerprint density at radius 2 is 1.50 bits per heavy atom. The molecule has 0 nitrogen and oxygen atoms in total. The fourth-order valence-electron chi connectivity index (χ4n) is 0. The molecule has 0 aliphatic heterocycles. The van der Waals surface area contributed by atoms with Crippen molar-refractivity contribution in [3.63, 3.8) is 0 Å². The number of alkyl halides is 2. The molecule has 0 radical (unpaired) electrons. The van der Waals surface area contributed by atoms with Gasteiger partial charge in [0, 0.05) is 0 Å². The van der Waals surface area contributed by atoms with Crippen molar-refractivity contribution in [2.75, 3.05) is 0 Å². The fourth-order valence-corrected chi connectivity index (χ4v) is 0. The molecule has 0 atom stereocenters. The first-order valence-corrected chi connectivity index (χ1v) is 1.30. The van der Waals surface area contributed by atoms with Gasteiger partial charge in [-0.1, -0.05) is 0 Å². The van der Waals surface area contributed by atoms with Crippen LogP contribution in [0.1, 0.15) is 0 Å². The summed E-state index contributed by atoms with van der Waals surface area (Å²) in [6, 6.07) is -2.36. The molecule has 0 N–H and O–H groups in total. The second-order valence-corrected chi connectivity index (χ2v) is 0.737. The molecule has 0 rings (SSSR count). The van der Waals surface area contributed by atoms with Crippen molar-refractivity contribution in [1.29, 1.82) is 0 Å². The number of halogens is 2. The third-order valence-corrected chi connectivity index (χ3v) is 0. The molecule has 20 valence electrons. The van der Waals surface area contributed by atoms with Crippen molar-refractivity contribution < 1.29 is 8.78 Å². The van der Waals surface area contributed by atoms with Gasteiger partial charge in [-0.05, 0) is 0 Å². The molecule has 0 saturated carbocycles. The van der Waals surface area contributed by atoms with Gasteiger partial charge < -0.3 is 0 Å². The Balaban J connectivity index is 2.32. The summed E-state index contributed by atoms with van der Waals surface area (Å²) in [5.41, 5.74) is 0. The van der Waals surface area contributed by atoms with Crippen molar-refractivity contribution in [3.05, 3.63) is 0 Å².